The van der Waals surface area contributed by atoms with Gasteiger partial charge in [-0.15, -0.1) is 0 Å². The molecule has 0 amide bonds. The van der Waals surface area contributed by atoms with E-state index in [1.54, 1.807) is 0 Å². The van der Waals surface area contributed by atoms with E-state index >= 15 is 0 Å². The van der Waals surface area contributed by atoms with Crippen molar-refractivity contribution in [3.8, 4) is 0 Å². The van der Waals surface area contributed by atoms with Gasteiger partial charge in [0.05, 0.1) is 0 Å². The molecular weight excluding hydrogens is 745 g/mol. The Balaban J connectivity index is 4.39. The Labute approximate surface area is 371 Å². The summed E-state index contributed by atoms with van der Waals surface area (Å²) >= 11 is 0. The molecule has 0 aliphatic heterocycles. The molecule has 0 aromatic carbocycles. The molecule has 0 aliphatic rings. The highest BCUT2D eigenvalue weighted by Crippen LogP contribution is 2.15. The van der Waals surface area contributed by atoms with Gasteiger partial charge in [-0.05, 0) is 64.2 Å². The number of esters is 3. The molecule has 1 unspecified atom stereocenters. The largest absolute Gasteiger partial charge is 0.462 e. The minimum Gasteiger partial charge on any atom is -0.462 e. The first kappa shape index (κ1) is 57.4. The SMILES string of the molecule is CC/C=C\C/C=C\CCCCCCCC(=O)OCC(COC(=O)CCCCCCCCCCCCCCCCCCC)OC(=O)CC/C=C\C/C=C\CCCCCCCC. The zero-order valence-electron chi connectivity index (χ0n) is 39.7. The van der Waals surface area contributed by atoms with Crippen molar-refractivity contribution in [2.24, 2.45) is 0 Å². The van der Waals surface area contributed by atoms with Gasteiger partial charge >= 0.3 is 17.9 Å². The molecule has 0 rings (SSSR count). The maximum absolute atomic E-state index is 12.7. The van der Waals surface area contributed by atoms with E-state index < -0.39 is 6.10 Å². The average molecular weight is 841 g/mol. The summed E-state index contributed by atoms with van der Waals surface area (Å²) in [5.41, 5.74) is 0. The lowest BCUT2D eigenvalue weighted by atomic mass is 10.0. The van der Waals surface area contributed by atoms with E-state index in [-0.39, 0.29) is 37.5 Å². The number of hydrogen-bond acceptors (Lipinski definition) is 6. The maximum atomic E-state index is 12.7. The third-order valence-electron chi connectivity index (χ3n) is 11.1. The third-order valence-corrected chi connectivity index (χ3v) is 11.1. The van der Waals surface area contributed by atoms with Gasteiger partial charge in [0.15, 0.2) is 6.10 Å². The molecule has 348 valence electrons. The van der Waals surface area contributed by atoms with Crippen LogP contribution in [0.25, 0.3) is 0 Å². The van der Waals surface area contributed by atoms with E-state index in [2.05, 4.69) is 63.3 Å². The van der Waals surface area contributed by atoms with E-state index in [0.717, 1.165) is 83.5 Å². The molecular formula is C54H96O6. The number of ether oxygens (including phenoxy) is 3. The average Bonchev–Trinajstić information content (AvgIpc) is 3.24. The van der Waals surface area contributed by atoms with Gasteiger partial charge in [-0.3, -0.25) is 14.4 Å². The van der Waals surface area contributed by atoms with Gasteiger partial charge in [0.2, 0.25) is 0 Å². The molecule has 6 heteroatoms. The molecule has 0 fully saturated rings. The second-order valence-corrected chi connectivity index (χ2v) is 17.1. The third kappa shape index (κ3) is 46.4. The smallest absolute Gasteiger partial charge is 0.306 e. The highest BCUT2D eigenvalue weighted by Gasteiger charge is 2.19. The molecule has 0 radical (unpaired) electrons. The monoisotopic (exact) mass is 841 g/mol. The number of unbranched alkanes of at least 4 members (excludes halogenated alkanes) is 27. The Morgan fingerprint density at radius 1 is 0.350 bits per heavy atom. The number of hydrogen-bond donors (Lipinski definition) is 0. The zero-order valence-corrected chi connectivity index (χ0v) is 39.7. The molecule has 0 aliphatic carbocycles. The van der Waals surface area contributed by atoms with Crippen LogP contribution >= 0.6 is 0 Å². The van der Waals surface area contributed by atoms with Crippen LogP contribution in [0, 0.1) is 0 Å². The van der Waals surface area contributed by atoms with E-state index in [1.165, 1.54) is 128 Å². The molecule has 0 heterocycles. The van der Waals surface area contributed by atoms with Crippen LogP contribution in [-0.2, 0) is 28.6 Å². The van der Waals surface area contributed by atoms with Crippen LogP contribution < -0.4 is 0 Å². The first-order valence-corrected chi connectivity index (χ1v) is 25.6. The van der Waals surface area contributed by atoms with E-state index in [4.69, 9.17) is 14.2 Å². The summed E-state index contributed by atoms with van der Waals surface area (Å²) in [5.74, 6) is -0.975. The van der Waals surface area contributed by atoms with Gasteiger partial charge in [0, 0.05) is 19.3 Å². The Morgan fingerprint density at radius 2 is 0.683 bits per heavy atom. The minimum atomic E-state index is -0.805. The summed E-state index contributed by atoms with van der Waals surface area (Å²) < 4.78 is 16.7. The van der Waals surface area contributed by atoms with Crippen molar-refractivity contribution in [2.45, 2.75) is 264 Å². The standard InChI is InChI=1S/C54H96O6/c1-4-7-10-13-16-19-22-25-26-27-28-30-32-35-38-41-44-47-53(56)59-50-51(49-58-52(55)46-43-40-37-34-31-24-21-18-15-12-9-6-3)60-54(57)48-45-42-39-36-33-29-23-20-17-14-11-8-5-2/h9,12,18,21,29,33,39,42,51H,4-8,10-11,13-17,19-20,22-28,30-32,34-38,40-41,43-50H2,1-3H3/b12-9-,21-18-,33-29-,42-39-. The number of carbonyl (C=O) groups excluding carboxylic acids is 3. The highest BCUT2D eigenvalue weighted by molar-refractivity contribution is 5.71. The maximum Gasteiger partial charge on any atom is 0.306 e. The topological polar surface area (TPSA) is 78.9 Å². The molecule has 0 aromatic heterocycles. The number of rotatable bonds is 46. The van der Waals surface area contributed by atoms with E-state index in [0.29, 0.717) is 19.3 Å². The highest BCUT2D eigenvalue weighted by atomic mass is 16.6. The molecule has 0 N–H and O–H groups in total. The summed E-state index contributed by atoms with van der Waals surface area (Å²) in [6, 6.07) is 0. The lowest BCUT2D eigenvalue weighted by molar-refractivity contribution is -0.166. The fourth-order valence-electron chi connectivity index (χ4n) is 7.24. The van der Waals surface area contributed by atoms with Crippen LogP contribution in [0.5, 0.6) is 0 Å². The molecule has 0 saturated carbocycles. The van der Waals surface area contributed by atoms with Gasteiger partial charge in [-0.2, -0.15) is 0 Å². The summed E-state index contributed by atoms with van der Waals surface area (Å²) in [7, 11) is 0. The van der Waals surface area contributed by atoms with Crippen LogP contribution in [0.15, 0.2) is 48.6 Å². The summed E-state index contributed by atoms with van der Waals surface area (Å²) in [5, 5.41) is 0. The van der Waals surface area contributed by atoms with Crippen LogP contribution in [0.4, 0.5) is 0 Å². The van der Waals surface area contributed by atoms with E-state index in [9.17, 15) is 14.4 Å². The summed E-state index contributed by atoms with van der Waals surface area (Å²) in [4.78, 5) is 37.9. The van der Waals surface area contributed by atoms with Crippen molar-refractivity contribution in [1.29, 1.82) is 0 Å². The van der Waals surface area contributed by atoms with Crippen molar-refractivity contribution >= 4 is 17.9 Å². The van der Waals surface area contributed by atoms with Crippen LogP contribution in [0.3, 0.4) is 0 Å². The molecule has 1 atom stereocenters. The Kier molecular flexibility index (Phi) is 46.9. The Bertz CT molecular complexity index is 1060. The lowest BCUT2D eigenvalue weighted by Gasteiger charge is -2.18. The van der Waals surface area contributed by atoms with Crippen molar-refractivity contribution < 1.29 is 28.6 Å². The second-order valence-electron chi connectivity index (χ2n) is 17.1. The van der Waals surface area contributed by atoms with Gasteiger partial charge in [-0.1, -0.05) is 223 Å². The van der Waals surface area contributed by atoms with Crippen LogP contribution in [-0.4, -0.2) is 37.2 Å². The Morgan fingerprint density at radius 3 is 1.07 bits per heavy atom. The summed E-state index contributed by atoms with van der Waals surface area (Å²) in [6.45, 7) is 6.47. The van der Waals surface area contributed by atoms with Crippen LogP contribution in [0.1, 0.15) is 258 Å². The molecule has 0 bridgehead atoms. The fourth-order valence-corrected chi connectivity index (χ4v) is 7.24. The van der Waals surface area contributed by atoms with Gasteiger partial charge < -0.3 is 14.2 Å². The lowest BCUT2D eigenvalue weighted by Crippen LogP contribution is -2.30. The molecule has 0 spiro atoms. The molecule has 0 aromatic rings. The predicted molar refractivity (Wildman–Crippen MR) is 256 cm³/mol. The zero-order chi connectivity index (χ0) is 43.7. The fraction of sp³-hybridized carbons (Fsp3) is 0.796. The number of carbonyl (C=O) groups is 3. The normalized spacial score (nSPS) is 12.4. The Hall–Kier alpha value is -2.63. The number of allylic oxidation sites excluding steroid dienone is 8. The summed E-state index contributed by atoms with van der Waals surface area (Å²) in [6.07, 6.45) is 58.3. The van der Waals surface area contributed by atoms with E-state index in [1.807, 2.05) is 6.08 Å². The van der Waals surface area contributed by atoms with Crippen molar-refractivity contribution in [2.75, 3.05) is 13.2 Å². The van der Waals surface area contributed by atoms with Gasteiger partial charge in [0.25, 0.3) is 0 Å². The second kappa shape index (κ2) is 49.0. The molecule has 0 saturated heterocycles. The predicted octanol–water partition coefficient (Wildman–Crippen LogP) is 16.7. The van der Waals surface area contributed by atoms with Gasteiger partial charge in [-0.25, -0.2) is 0 Å². The van der Waals surface area contributed by atoms with Crippen molar-refractivity contribution in [1.82, 2.24) is 0 Å². The first-order valence-electron chi connectivity index (χ1n) is 25.6. The minimum absolute atomic E-state index is 0.0978. The van der Waals surface area contributed by atoms with Crippen molar-refractivity contribution in [3.05, 3.63) is 48.6 Å². The van der Waals surface area contributed by atoms with Gasteiger partial charge in [0.1, 0.15) is 13.2 Å². The van der Waals surface area contributed by atoms with Crippen molar-refractivity contribution in [3.63, 3.8) is 0 Å². The molecule has 6 nitrogen and oxygen atoms in total. The quantitative estimate of drug-likeness (QED) is 0.0263. The molecule has 60 heavy (non-hydrogen) atoms. The van der Waals surface area contributed by atoms with Crippen LogP contribution in [0.2, 0.25) is 0 Å². The first-order chi connectivity index (χ1) is 29.5.